The molecule has 2 heterocycles. The second-order valence-corrected chi connectivity index (χ2v) is 6.00. The van der Waals surface area contributed by atoms with Crippen LogP contribution in [0.1, 0.15) is 17.2 Å². The molecule has 29 heavy (non-hydrogen) atoms. The predicted octanol–water partition coefficient (Wildman–Crippen LogP) is 4.54. The Morgan fingerprint density at radius 1 is 0.931 bits per heavy atom. The highest BCUT2D eigenvalue weighted by Gasteiger charge is 2.26. The molecule has 1 N–H and O–H groups in total. The van der Waals surface area contributed by atoms with Gasteiger partial charge in [0.15, 0.2) is 0 Å². The van der Waals surface area contributed by atoms with Crippen molar-refractivity contribution in [3.8, 4) is 11.5 Å². The van der Waals surface area contributed by atoms with Crippen LogP contribution in [0.25, 0.3) is 5.70 Å². The Bertz CT molecular complexity index is 1020. The first-order valence-electron chi connectivity index (χ1n) is 8.48. The number of nitrogens with one attached hydrogen (secondary N) is 1. The normalized spacial score (nSPS) is 15.7. The lowest BCUT2D eigenvalue weighted by Gasteiger charge is -2.25. The van der Waals surface area contributed by atoms with Crippen LogP contribution in [-0.2, 0) is 0 Å². The maximum Gasteiger partial charge on any atom is 0.387 e. The highest BCUT2D eigenvalue weighted by atomic mass is 19.3. The summed E-state index contributed by atoms with van der Waals surface area (Å²) < 4.78 is 60.9. The third-order valence-corrected chi connectivity index (χ3v) is 4.25. The van der Waals surface area contributed by atoms with E-state index in [2.05, 4.69) is 24.9 Å². The van der Waals surface area contributed by atoms with Crippen LogP contribution in [0.4, 0.5) is 23.5 Å². The van der Waals surface area contributed by atoms with Gasteiger partial charge < -0.3 is 14.8 Å². The van der Waals surface area contributed by atoms with Crippen LogP contribution in [-0.4, -0.2) is 28.0 Å². The number of hydrogen-bond donors (Lipinski definition) is 1. The third kappa shape index (κ3) is 4.00. The van der Waals surface area contributed by atoms with Gasteiger partial charge in [0.2, 0.25) is 5.95 Å². The van der Waals surface area contributed by atoms with Crippen LogP contribution >= 0.6 is 0 Å². The largest absolute Gasteiger partial charge is 0.435 e. The van der Waals surface area contributed by atoms with E-state index in [1.165, 1.54) is 29.2 Å². The zero-order valence-corrected chi connectivity index (χ0v) is 14.7. The van der Waals surface area contributed by atoms with E-state index in [0.717, 1.165) is 0 Å². The fourth-order valence-electron chi connectivity index (χ4n) is 3.07. The number of nitrogens with zero attached hydrogens (tertiary/aromatic N) is 3. The van der Waals surface area contributed by atoms with Gasteiger partial charge in [0.25, 0.3) is 0 Å². The van der Waals surface area contributed by atoms with Gasteiger partial charge in [-0.1, -0.05) is 18.2 Å². The first-order chi connectivity index (χ1) is 14.0. The lowest BCUT2D eigenvalue weighted by atomic mass is 10.0. The fraction of sp³-hybridized carbons (Fsp3) is 0.158. The summed E-state index contributed by atoms with van der Waals surface area (Å²) in [6.45, 7) is -5.89. The van der Waals surface area contributed by atoms with Crippen molar-refractivity contribution >= 4 is 11.6 Å². The molecule has 0 unspecified atom stereocenters. The van der Waals surface area contributed by atoms with Gasteiger partial charge in [-0.2, -0.15) is 27.6 Å². The average molecular weight is 406 g/mol. The summed E-state index contributed by atoms with van der Waals surface area (Å²) in [4.78, 5) is 4.14. The summed E-state index contributed by atoms with van der Waals surface area (Å²) in [5.74, 6) is 0.440. The summed E-state index contributed by atoms with van der Waals surface area (Å²) in [6.07, 6.45) is 3.10. The van der Waals surface area contributed by atoms with Gasteiger partial charge in [0, 0.05) is 11.3 Å². The molecule has 150 valence electrons. The number of alkyl halides is 4. The van der Waals surface area contributed by atoms with E-state index in [-0.39, 0.29) is 11.5 Å². The van der Waals surface area contributed by atoms with Crippen molar-refractivity contribution in [3.05, 3.63) is 72.1 Å². The Labute approximate surface area is 162 Å². The van der Waals surface area contributed by atoms with Crippen LogP contribution in [0.3, 0.4) is 0 Å². The Hall–Kier alpha value is -3.56. The van der Waals surface area contributed by atoms with Gasteiger partial charge >= 0.3 is 13.2 Å². The van der Waals surface area contributed by atoms with Gasteiger partial charge in [0.05, 0.1) is 0 Å². The van der Waals surface area contributed by atoms with Crippen LogP contribution in [0.2, 0.25) is 0 Å². The Kier molecular flexibility index (Phi) is 5.07. The van der Waals surface area contributed by atoms with Crippen LogP contribution in [0.5, 0.6) is 11.5 Å². The van der Waals surface area contributed by atoms with E-state index in [0.29, 0.717) is 22.8 Å². The van der Waals surface area contributed by atoms with Gasteiger partial charge in [-0.15, -0.1) is 0 Å². The minimum absolute atomic E-state index is 0.0205. The molecule has 0 aliphatic carbocycles. The molecule has 10 heteroatoms. The van der Waals surface area contributed by atoms with Gasteiger partial charge in [0.1, 0.15) is 23.9 Å². The fourth-order valence-corrected chi connectivity index (χ4v) is 3.07. The van der Waals surface area contributed by atoms with Crippen LogP contribution < -0.4 is 14.8 Å². The summed E-state index contributed by atoms with van der Waals surface area (Å²) in [6, 6.07) is 11.8. The molecule has 0 fully saturated rings. The van der Waals surface area contributed by atoms with E-state index in [4.69, 9.17) is 0 Å². The molecular weight excluding hydrogens is 392 g/mol. The Balaban J connectivity index is 1.72. The van der Waals surface area contributed by atoms with E-state index < -0.39 is 19.3 Å². The molecule has 0 saturated carbocycles. The summed E-state index contributed by atoms with van der Waals surface area (Å²) in [5.41, 5.74) is 1.74. The third-order valence-electron chi connectivity index (χ3n) is 4.25. The maximum atomic E-state index is 12.8. The van der Waals surface area contributed by atoms with E-state index in [9.17, 15) is 17.6 Å². The molecule has 0 saturated heterocycles. The number of rotatable bonds is 6. The van der Waals surface area contributed by atoms with Gasteiger partial charge in [-0.05, 0) is 42.0 Å². The minimum atomic E-state index is -2.97. The van der Waals surface area contributed by atoms with Crippen molar-refractivity contribution in [2.75, 3.05) is 5.32 Å². The number of allylic oxidation sites excluding steroid dienone is 1. The zero-order valence-electron chi connectivity index (χ0n) is 14.7. The van der Waals surface area contributed by atoms with Crippen LogP contribution in [0, 0.1) is 0 Å². The summed E-state index contributed by atoms with van der Waals surface area (Å²) in [7, 11) is 0. The highest BCUT2D eigenvalue weighted by Crippen LogP contribution is 2.36. The Morgan fingerprint density at radius 2 is 1.66 bits per heavy atom. The molecule has 3 aromatic rings. The number of fused-ring (bicyclic) bond motifs is 1. The molecule has 2 aromatic carbocycles. The van der Waals surface area contributed by atoms with Crippen LogP contribution in [0.15, 0.2) is 60.9 Å². The highest BCUT2D eigenvalue weighted by molar-refractivity contribution is 5.77. The van der Waals surface area contributed by atoms with Crippen molar-refractivity contribution in [2.24, 2.45) is 0 Å². The monoisotopic (exact) mass is 406 g/mol. The number of benzene rings is 2. The number of anilines is 1. The molecule has 1 aromatic heterocycles. The SMILES string of the molecule is FC(F)Oc1ccc(C2=C[C@@H](c3ccccc3OC(F)F)n3ncnc3N2)cc1. The van der Waals surface area contributed by atoms with E-state index in [1.54, 1.807) is 36.4 Å². The Morgan fingerprint density at radius 3 is 2.38 bits per heavy atom. The van der Waals surface area contributed by atoms with Crippen molar-refractivity contribution in [1.82, 2.24) is 14.8 Å². The molecular formula is C19H14F4N4O2. The smallest absolute Gasteiger partial charge is 0.387 e. The van der Waals surface area contributed by atoms with Crippen molar-refractivity contribution in [3.63, 3.8) is 0 Å². The number of para-hydroxylation sites is 1. The van der Waals surface area contributed by atoms with Gasteiger partial charge in [-0.25, -0.2) is 4.68 Å². The van der Waals surface area contributed by atoms with Gasteiger partial charge in [-0.3, -0.25) is 0 Å². The molecule has 4 rings (SSSR count). The summed E-state index contributed by atoms with van der Waals surface area (Å²) in [5, 5.41) is 7.25. The average Bonchev–Trinajstić information content (AvgIpc) is 3.16. The lowest BCUT2D eigenvalue weighted by molar-refractivity contribution is -0.0510. The first kappa shape index (κ1) is 18.8. The standard InChI is InChI=1S/C19H14F4N4O2/c20-17(21)28-12-7-5-11(6-8-12)14-9-15(27-19(26-14)24-10-25-27)13-3-1-2-4-16(13)29-18(22)23/h1-10,15,17-18H,(H,24,25,26)/t15-/m0/s1. The van der Waals surface area contributed by atoms with E-state index >= 15 is 0 Å². The second-order valence-electron chi connectivity index (χ2n) is 6.00. The number of ether oxygens (including phenoxy) is 2. The molecule has 0 radical (unpaired) electrons. The second kappa shape index (κ2) is 7.82. The number of hydrogen-bond acceptors (Lipinski definition) is 5. The zero-order chi connectivity index (χ0) is 20.4. The molecule has 1 atom stereocenters. The maximum absolute atomic E-state index is 12.8. The molecule has 1 aliphatic rings. The minimum Gasteiger partial charge on any atom is -0.435 e. The lowest BCUT2D eigenvalue weighted by Crippen LogP contribution is -2.21. The topological polar surface area (TPSA) is 61.2 Å². The number of halogens is 4. The van der Waals surface area contributed by atoms with E-state index in [1.807, 2.05) is 0 Å². The number of aromatic nitrogens is 3. The predicted molar refractivity (Wildman–Crippen MR) is 95.9 cm³/mol. The molecule has 0 bridgehead atoms. The molecule has 6 nitrogen and oxygen atoms in total. The quantitative estimate of drug-likeness (QED) is 0.610. The first-order valence-corrected chi connectivity index (χ1v) is 8.48. The van der Waals surface area contributed by atoms with Crippen molar-refractivity contribution in [2.45, 2.75) is 19.3 Å². The van der Waals surface area contributed by atoms with Crippen molar-refractivity contribution in [1.29, 1.82) is 0 Å². The molecule has 0 amide bonds. The van der Waals surface area contributed by atoms with Crippen molar-refractivity contribution < 1.29 is 27.0 Å². The summed E-state index contributed by atoms with van der Waals surface area (Å²) >= 11 is 0. The molecule has 1 aliphatic heterocycles. The molecule has 0 spiro atoms.